The van der Waals surface area contributed by atoms with Crippen LogP contribution in [0.25, 0.3) is 0 Å². The van der Waals surface area contributed by atoms with E-state index in [0.717, 1.165) is 36.9 Å². The smallest absolute Gasteiger partial charge is 0.261 e. The van der Waals surface area contributed by atoms with E-state index in [4.69, 9.17) is 5.73 Å². The Kier molecular flexibility index (Phi) is 5.12. The predicted molar refractivity (Wildman–Crippen MR) is 106 cm³/mol. The summed E-state index contributed by atoms with van der Waals surface area (Å²) in [5.74, 6) is 0.275. The summed E-state index contributed by atoms with van der Waals surface area (Å²) in [7, 11) is 0. The van der Waals surface area contributed by atoms with Crippen LogP contribution in [0, 0.1) is 5.92 Å². The molecule has 0 spiro atoms. The molecule has 3 N–H and O–H groups in total. The average molecular weight is 365 g/mol. The normalized spacial score (nSPS) is 22.3. The molecule has 1 amide bonds. The Hall–Kier alpha value is -2.40. The number of benzene rings is 1. The van der Waals surface area contributed by atoms with Gasteiger partial charge in [-0.25, -0.2) is 0 Å². The van der Waals surface area contributed by atoms with E-state index in [-0.39, 0.29) is 28.9 Å². The number of nitrogens with two attached hydrogens (primary N) is 1. The van der Waals surface area contributed by atoms with Crippen LogP contribution >= 0.6 is 0 Å². The molecule has 0 bridgehead atoms. The molecule has 2 atom stereocenters. The average Bonchev–Trinajstić information content (AvgIpc) is 3.01. The number of nitrogens with one attached hydrogen (secondary N) is 1. The molecule has 0 radical (unpaired) electrons. The van der Waals surface area contributed by atoms with E-state index >= 15 is 0 Å². The summed E-state index contributed by atoms with van der Waals surface area (Å²) in [6, 6.07) is 12.1. The lowest BCUT2D eigenvalue weighted by atomic mass is 9.89. The molecule has 1 aromatic carbocycles. The van der Waals surface area contributed by atoms with Gasteiger partial charge in [0.2, 0.25) is 0 Å². The lowest BCUT2D eigenvalue weighted by Crippen LogP contribution is -2.34. The van der Waals surface area contributed by atoms with E-state index in [2.05, 4.69) is 17.1 Å². The number of amides is 1. The maximum Gasteiger partial charge on any atom is 0.261 e. The first-order valence-corrected chi connectivity index (χ1v) is 9.96. The van der Waals surface area contributed by atoms with E-state index in [1.807, 2.05) is 29.2 Å². The van der Waals surface area contributed by atoms with Gasteiger partial charge in [0.1, 0.15) is 5.56 Å². The Balaban J connectivity index is 1.60. The number of carbonyl (C=O) groups is 1. The highest BCUT2D eigenvalue weighted by Crippen LogP contribution is 2.32. The van der Waals surface area contributed by atoms with Crippen molar-refractivity contribution in [3.8, 4) is 0 Å². The lowest BCUT2D eigenvalue weighted by molar-refractivity contribution is 0.0784. The van der Waals surface area contributed by atoms with Gasteiger partial charge in [-0.3, -0.25) is 9.59 Å². The SMILES string of the molecule is NC[C@@H]1CN(C(=O)c2cc3c([nH]c2=O)CCCCC3)C[C@H]1c1ccccc1. The second kappa shape index (κ2) is 7.69. The van der Waals surface area contributed by atoms with Gasteiger partial charge in [0.15, 0.2) is 0 Å². The number of hydrogen-bond donors (Lipinski definition) is 2. The molecule has 1 aliphatic carbocycles. The molecule has 2 aromatic rings. The summed E-state index contributed by atoms with van der Waals surface area (Å²) in [6.45, 7) is 1.75. The highest BCUT2D eigenvalue weighted by molar-refractivity contribution is 5.94. The van der Waals surface area contributed by atoms with Crippen molar-refractivity contribution in [3.63, 3.8) is 0 Å². The van der Waals surface area contributed by atoms with Crippen LogP contribution in [-0.2, 0) is 12.8 Å². The standard InChI is InChI=1S/C22H27N3O2/c23-12-17-13-25(14-19(17)15-7-3-1-4-8-15)22(27)18-11-16-9-5-2-6-10-20(16)24-21(18)26/h1,3-4,7-8,11,17,19H,2,5-6,9-10,12-14,23H2,(H,24,26)/t17-,19+/m1/s1. The lowest BCUT2D eigenvalue weighted by Gasteiger charge is -2.17. The van der Waals surface area contributed by atoms with Crippen molar-refractivity contribution in [2.75, 3.05) is 19.6 Å². The fraction of sp³-hybridized carbons (Fsp3) is 0.455. The van der Waals surface area contributed by atoms with Gasteiger partial charge >= 0.3 is 0 Å². The first kappa shape index (κ1) is 18.0. The zero-order chi connectivity index (χ0) is 18.8. The Morgan fingerprint density at radius 2 is 1.89 bits per heavy atom. The van der Waals surface area contributed by atoms with Crippen LogP contribution < -0.4 is 11.3 Å². The van der Waals surface area contributed by atoms with Crippen LogP contribution in [0.15, 0.2) is 41.2 Å². The number of pyridine rings is 1. The Morgan fingerprint density at radius 1 is 1.11 bits per heavy atom. The molecule has 1 saturated heterocycles. The minimum atomic E-state index is -0.256. The van der Waals surface area contributed by atoms with Crippen molar-refractivity contribution < 1.29 is 4.79 Å². The molecule has 0 unspecified atom stereocenters. The molecular weight excluding hydrogens is 338 g/mol. The second-order valence-corrected chi connectivity index (χ2v) is 7.80. The number of carbonyl (C=O) groups excluding carboxylic acids is 1. The number of likely N-dealkylation sites (tertiary alicyclic amines) is 1. The maximum atomic E-state index is 13.1. The van der Waals surface area contributed by atoms with Gasteiger partial charge in [0, 0.05) is 24.7 Å². The number of aromatic amines is 1. The first-order valence-electron chi connectivity index (χ1n) is 9.96. The molecule has 1 fully saturated rings. The van der Waals surface area contributed by atoms with Crippen LogP contribution in [-0.4, -0.2) is 35.4 Å². The molecule has 1 aromatic heterocycles. The minimum Gasteiger partial charge on any atom is -0.337 e. The molecule has 0 saturated carbocycles. The van der Waals surface area contributed by atoms with Crippen molar-refractivity contribution in [2.45, 2.75) is 38.0 Å². The van der Waals surface area contributed by atoms with Crippen LogP contribution in [0.5, 0.6) is 0 Å². The molecule has 5 nitrogen and oxygen atoms in total. The molecule has 1 aliphatic heterocycles. The van der Waals surface area contributed by atoms with E-state index in [0.29, 0.717) is 19.6 Å². The van der Waals surface area contributed by atoms with Crippen molar-refractivity contribution in [3.05, 3.63) is 69.1 Å². The van der Waals surface area contributed by atoms with Crippen molar-refractivity contribution in [1.29, 1.82) is 0 Å². The second-order valence-electron chi connectivity index (χ2n) is 7.80. The van der Waals surface area contributed by atoms with E-state index in [1.165, 1.54) is 12.0 Å². The fourth-order valence-electron chi connectivity index (χ4n) is 4.53. The van der Waals surface area contributed by atoms with Gasteiger partial charge in [-0.05, 0) is 55.3 Å². The van der Waals surface area contributed by atoms with Gasteiger partial charge in [0.05, 0.1) is 0 Å². The van der Waals surface area contributed by atoms with Crippen molar-refractivity contribution >= 4 is 5.91 Å². The largest absolute Gasteiger partial charge is 0.337 e. The van der Waals surface area contributed by atoms with Crippen LogP contribution in [0.4, 0.5) is 0 Å². The summed E-state index contributed by atoms with van der Waals surface area (Å²) in [5.41, 5.74) is 9.36. The van der Waals surface area contributed by atoms with Crippen LogP contribution in [0.1, 0.15) is 52.4 Å². The summed E-state index contributed by atoms with van der Waals surface area (Å²) >= 11 is 0. The number of hydrogen-bond acceptors (Lipinski definition) is 3. The Bertz CT molecular complexity index is 875. The minimum absolute atomic E-state index is 0.167. The first-order chi connectivity index (χ1) is 13.2. The topological polar surface area (TPSA) is 79.2 Å². The maximum absolute atomic E-state index is 13.1. The number of fused-ring (bicyclic) bond motifs is 1. The molecule has 2 aliphatic rings. The van der Waals surface area contributed by atoms with Crippen LogP contribution in [0.3, 0.4) is 0 Å². The summed E-state index contributed by atoms with van der Waals surface area (Å²) < 4.78 is 0. The quantitative estimate of drug-likeness (QED) is 0.820. The predicted octanol–water partition coefficient (Wildman–Crippen LogP) is 2.46. The van der Waals surface area contributed by atoms with E-state index < -0.39 is 0 Å². The zero-order valence-electron chi connectivity index (χ0n) is 15.6. The monoisotopic (exact) mass is 365 g/mol. The summed E-state index contributed by atoms with van der Waals surface area (Å²) in [6.07, 6.45) is 5.21. The number of H-pyrrole nitrogens is 1. The van der Waals surface area contributed by atoms with Gasteiger partial charge < -0.3 is 15.6 Å². The molecule has 5 heteroatoms. The third-order valence-electron chi connectivity index (χ3n) is 6.08. The molecule has 2 heterocycles. The molecule has 27 heavy (non-hydrogen) atoms. The van der Waals surface area contributed by atoms with Gasteiger partial charge in [0.25, 0.3) is 11.5 Å². The molecule has 142 valence electrons. The third-order valence-corrected chi connectivity index (χ3v) is 6.08. The van der Waals surface area contributed by atoms with Crippen molar-refractivity contribution in [1.82, 2.24) is 9.88 Å². The number of nitrogens with zero attached hydrogens (tertiary/aromatic N) is 1. The van der Waals surface area contributed by atoms with Crippen molar-refractivity contribution in [2.24, 2.45) is 11.7 Å². The van der Waals surface area contributed by atoms with Gasteiger partial charge in [-0.1, -0.05) is 36.8 Å². The number of aryl methyl sites for hydroxylation is 2. The molecular formula is C22H27N3O2. The summed E-state index contributed by atoms with van der Waals surface area (Å²) in [5, 5.41) is 0. The Labute approximate surface area is 159 Å². The highest BCUT2D eigenvalue weighted by Gasteiger charge is 2.36. The molecule has 4 rings (SSSR count). The number of aromatic nitrogens is 1. The number of rotatable bonds is 3. The zero-order valence-corrected chi connectivity index (χ0v) is 15.6. The highest BCUT2D eigenvalue weighted by atomic mass is 16.2. The Morgan fingerprint density at radius 3 is 2.67 bits per heavy atom. The van der Waals surface area contributed by atoms with Gasteiger partial charge in [-0.15, -0.1) is 0 Å². The van der Waals surface area contributed by atoms with E-state index in [9.17, 15) is 9.59 Å². The third kappa shape index (κ3) is 3.56. The van der Waals surface area contributed by atoms with E-state index in [1.54, 1.807) is 0 Å². The summed E-state index contributed by atoms with van der Waals surface area (Å²) in [4.78, 5) is 30.5. The fourth-order valence-corrected chi connectivity index (χ4v) is 4.53. The van der Waals surface area contributed by atoms with Gasteiger partial charge in [-0.2, -0.15) is 0 Å². The van der Waals surface area contributed by atoms with Crippen LogP contribution in [0.2, 0.25) is 0 Å².